The summed E-state index contributed by atoms with van der Waals surface area (Å²) in [6.07, 6.45) is 3.58. The molecule has 2 rings (SSSR count). The molecule has 0 spiro atoms. The van der Waals surface area contributed by atoms with Crippen LogP contribution in [0.15, 0.2) is 35.9 Å². The number of carboxylic acid groups (broad SMARTS) is 1. The minimum absolute atomic E-state index is 0.579. The largest absolute Gasteiger partial charge is 0.480 e. The summed E-state index contributed by atoms with van der Waals surface area (Å²) in [4.78, 5) is 10.9. The number of aliphatic carboxylic acids is 1. The van der Waals surface area contributed by atoms with E-state index in [2.05, 4.69) is 17.4 Å². The molecule has 0 aliphatic heterocycles. The van der Waals surface area contributed by atoms with Crippen LogP contribution in [-0.2, 0) is 17.6 Å². The van der Waals surface area contributed by atoms with Crippen LogP contribution in [0.4, 0.5) is 0 Å². The number of rotatable bonds is 3. The first-order valence-corrected chi connectivity index (χ1v) is 5.37. The zero-order valence-electron chi connectivity index (χ0n) is 9.23. The van der Waals surface area contributed by atoms with Crippen molar-refractivity contribution in [1.82, 2.24) is 5.32 Å². The predicted octanol–water partition coefficient (Wildman–Crippen LogP) is 1.38. The van der Waals surface area contributed by atoms with Gasteiger partial charge in [-0.15, -0.1) is 0 Å². The van der Waals surface area contributed by atoms with Crippen molar-refractivity contribution in [1.29, 1.82) is 0 Å². The topological polar surface area (TPSA) is 49.3 Å². The number of benzene rings is 1. The molecule has 3 nitrogen and oxygen atoms in total. The van der Waals surface area contributed by atoms with Crippen LogP contribution < -0.4 is 5.32 Å². The van der Waals surface area contributed by atoms with Gasteiger partial charge in [-0.1, -0.05) is 35.9 Å². The Labute approximate surface area is 94.8 Å². The number of fused-ring (bicyclic) bond motifs is 1. The van der Waals surface area contributed by atoms with E-state index in [0.29, 0.717) is 0 Å². The summed E-state index contributed by atoms with van der Waals surface area (Å²) >= 11 is 0. The second-order valence-electron chi connectivity index (χ2n) is 4.05. The van der Waals surface area contributed by atoms with Crippen molar-refractivity contribution < 1.29 is 9.90 Å². The van der Waals surface area contributed by atoms with Crippen molar-refractivity contribution in [3.8, 4) is 0 Å². The molecule has 1 atom stereocenters. The van der Waals surface area contributed by atoms with Crippen LogP contribution in [0, 0.1) is 0 Å². The number of carboxylic acids is 1. The molecule has 1 aromatic rings. The molecular weight excluding hydrogens is 202 g/mol. The highest BCUT2D eigenvalue weighted by atomic mass is 16.4. The van der Waals surface area contributed by atoms with E-state index in [1.807, 2.05) is 18.2 Å². The number of carbonyl (C=O) groups is 1. The van der Waals surface area contributed by atoms with E-state index in [1.165, 1.54) is 16.7 Å². The lowest BCUT2D eigenvalue weighted by molar-refractivity contribution is -0.138. The average Bonchev–Trinajstić information content (AvgIpc) is 2.67. The lowest BCUT2D eigenvalue weighted by Gasteiger charge is -2.06. The van der Waals surface area contributed by atoms with Gasteiger partial charge >= 0.3 is 5.97 Å². The van der Waals surface area contributed by atoms with Gasteiger partial charge in [0.2, 0.25) is 0 Å². The van der Waals surface area contributed by atoms with Gasteiger partial charge < -0.3 is 10.4 Å². The van der Waals surface area contributed by atoms with E-state index in [9.17, 15) is 4.79 Å². The van der Waals surface area contributed by atoms with Gasteiger partial charge in [-0.25, -0.2) is 0 Å². The Hall–Kier alpha value is -1.61. The molecule has 2 N–H and O–H groups in total. The second kappa shape index (κ2) is 4.49. The van der Waals surface area contributed by atoms with Gasteiger partial charge in [0, 0.05) is 0 Å². The predicted molar refractivity (Wildman–Crippen MR) is 62.4 cm³/mol. The van der Waals surface area contributed by atoms with E-state index >= 15 is 0 Å². The third kappa shape index (κ3) is 2.14. The molecule has 0 bridgehead atoms. The van der Waals surface area contributed by atoms with Gasteiger partial charge in [0.25, 0.3) is 0 Å². The highest BCUT2D eigenvalue weighted by Crippen LogP contribution is 2.25. The molecule has 0 radical (unpaired) electrons. The Morgan fingerprint density at radius 1 is 1.38 bits per heavy atom. The fourth-order valence-electron chi connectivity index (χ4n) is 2.09. The van der Waals surface area contributed by atoms with Crippen LogP contribution in [-0.4, -0.2) is 24.2 Å². The zero-order chi connectivity index (χ0) is 11.5. The van der Waals surface area contributed by atoms with Gasteiger partial charge in [-0.3, -0.25) is 4.79 Å². The maximum Gasteiger partial charge on any atom is 0.324 e. The van der Waals surface area contributed by atoms with Crippen molar-refractivity contribution in [3.63, 3.8) is 0 Å². The summed E-state index contributed by atoms with van der Waals surface area (Å²) in [5.74, 6) is -0.828. The van der Waals surface area contributed by atoms with Crippen LogP contribution in [0.2, 0.25) is 0 Å². The molecule has 0 heterocycles. The van der Waals surface area contributed by atoms with E-state index in [4.69, 9.17) is 5.11 Å². The van der Waals surface area contributed by atoms with E-state index in [1.54, 1.807) is 7.05 Å². The smallest absolute Gasteiger partial charge is 0.324 e. The average molecular weight is 217 g/mol. The first-order chi connectivity index (χ1) is 7.70. The van der Waals surface area contributed by atoms with Crippen LogP contribution >= 0.6 is 0 Å². The van der Waals surface area contributed by atoms with E-state index < -0.39 is 12.0 Å². The first kappa shape index (κ1) is 10.9. The summed E-state index contributed by atoms with van der Waals surface area (Å²) < 4.78 is 0. The fraction of sp³-hybridized carbons (Fsp3) is 0.308. The highest BCUT2D eigenvalue weighted by molar-refractivity contribution is 5.76. The monoisotopic (exact) mass is 217 g/mol. The summed E-state index contributed by atoms with van der Waals surface area (Å²) in [6.45, 7) is 0. The highest BCUT2D eigenvalue weighted by Gasteiger charge is 2.18. The Bertz CT molecular complexity index is 410. The zero-order valence-corrected chi connectivity index (χ0v) is 9.23. The summed E-state index contributed by atoms with van der Waals surface area (Å²) in [6, 6.07) is 7.67. The van der Waals surface area contributed by atoms with Crippen LogP contribution in [0.3, 0.4) is 0 Å². The molecule has 16 heavy (non-hydrogen) atoms. The van der Waals surface area contributed by atoms with E-state index in [0.717, 1.165) is 12.8 Å². The maximum absolute atomic E-state index is 10.9. The lowest BCUT2D eigenvalue weighted by Crippen LogP contribution is -2.32. The van der Waals surface area contributed by atoms with Crippen LogP contribution in [0.1, 0.15) is 11.1 Å². The first-order valence-electron chi connectivity index (χ1n) is 5.37. The van der Waals surface area contributed by atoms with Gasteiger partial charge in [-0.2, -0.15) is 0 Å². The number of likely N-dealkylation sites (N-methyl/N-ethyl adjacent to an activating group) is 1. The summed E-state index contributed by atoms with van der Waals surface area (Å²) in [5.41, 5.74) is 3.81. The summed E-state index contributed by atoms with van der Waals surface area (Å²) in [5, 5.41) is 11.7. The molecule has 0 amide bonds. The second-order valence-corrected chi connectivity index (χ2v) is 4.05. The number of nitrogens with one attached hydrogen (secondary N) is 1. The van der Waals surface area contributed by atoms with Crippen molar-refractivity contribution in [2.45, 2.75) is 18.9 Å². The third-order valence-corrected chi connectivity index (χ3v) is 2.93. The SMILES string of the molecule is CN[C@H](C=C1Cc2ccccc2C1)C(=O)O. The number of allylic oxidation sites excluding steroid dienone is 1. The van der Waals surface area contributed by atoms with Crippen LogP contribution in [0.25, 0.3) is 0 Å². The Balaban J connectivity index is 2.16. The Kier molecular flexibility index (Phi) is 3.06. The van der Waals surface area contributed by atoms with Crippen molar-refractivity contribution in [3.05, 3.63) is 47.0 Å². The molecule has 1 aliphatic carbocycles. The van der Waals surface area contributed by atoms with Crippen molar-refractivity contribution in [2.75, 3.05) is 7.05 Å². The molecule has 3 heteroatoms. The number of hydrogen-bond donors (Lipinski definition) is 2. The molecule has 0 fully saturated rings. The molecule has 0 aromatic heterocycles. The normalized spacial score (nSPS) is 15.7. The maximum atomic E-state index is 10.9. The molecule has 0 saturated heterocycles. The Morgan fingerprint density at radius 3 is 2.38 bits per heavy atom. The van der Waals surface area contributed by atoms with Gasteiger partial charge in [-0.05, 0) is 31.0 Å². The molecule has 1 aliphatic rings. The van der Waals surface area contributed by atoms with Gasteiger partial charge in [0.05, 0.1) is 0 Å². The molecule has 1 aromatic carbocycles. The van der Waals surface area contributed by atoms with Crippen LogP contribution in [0.5, 0.6) is 0 Å². The third-order valence-electron chi connectivity index (χ3n) is 2.93. The van der Waals surface area contributed by atoms with Gasteiger partial charge in [0.15, 0.2) is 0 Å². The fourth-order valence-corrected chi connectivity index (χ4v) is 2.09. The molecular formula is C13H15NO2. The standard InChI is InChI=1S/C13H15NO2/c1-14-12(13(15)16)8-9-6-10-4-2-3-5-11(10)7-9/h2-5,8,12,14H,6-7H2,1H3,(H,15,16)/t12-/m1/s1. The minimum atomic E-state index is -0.828. The Morgan fingerprint density at radius 2 is 1.94 bits per heavy atom. The molecule has 0 unspecified atom stereocenters. The summed E-state index contributed by atoms with van der Waals surface area (Å²) in [7, 11) is 1.66. The quantitative estimate of drug-likeness (QED) is 0.752. The molecule has 84 valence electrons. The van der Waals surface area contributed by atoms with Crippen molar-refractivity contribution >= 4 is 5.97 Å². The van der Waals surface area contributed by atoms with Gasteiger partial charge in [0.1, 0.15) is 6.04 Å². The number of hydrogen-bond acceptors (Lipinski definition) is 2. The molecule has 0 saturated carbocycles. The lowest BCUT2D eigenvalue weighted by atomic mass is 10.1. The minimum Gasteiger partial charge on any atom is -0.480 e. The van der Waals surface area contributed by atoms with E-state index in [-0.39, 0.29) is 0 Å². The van der Waals surface area contributed by atoms with Crippen molar-refractivity contribution in [2.24, 2.45) is 0 Å².